The minimum atomic E-state index is -3.63. The largest absolute Gasteiger partial charge is 0.339 e. The molecule has 9 nitrogen and oxygen atoms in total. The van der Waals surface area contributed by atoms with Crippen molar-refractivity contribution < 1.29 is 13.2 Å². The number of hydrogen-bond donors (Lipinski definition) is 4. The van der Waals surface area contributed by atoms with Crippen LogP contribution in [0.3, 0.4) is 0 Å². The normalized spacial score (nSPS) is 13.3. The molecular formula is C21H22N6O3S. The predicted molar refractivity (Wildman–Crippen MR) is 119 cm³/mol. The van der Waals surface area contributed by atoms with Gasteiger partial charge in [0.05, 0.1) is 5.69 Å². The second-order valence-corrected chi connectivity index (χ2v) is 8.95. The van der Waals surface area contributed by atoms with E-state index in [4.69, 9.17) is 0 Å². The number of sulfonamides is 1. The first kappa shape index (κ1) is 20.8. The number of fused-ring (bicyclic) bond motifs is 1. The van der Waals surface area contributed by atoms with Gasteiger partial charge in [-0.15, -0.1) is 0 Å². The SMILES string of the molecule is CNS(=O)(=O)c1ccccc1Nc1nc(Nc2ccc3c(c2)CCC(=O)N3)ncc1C. The summed E-state index contributed by atoms with van der Waals surface area (Å²) in [5, 5.41) is 9.13. The van der Waals surface area contributed by atoms with Crippen molar-refractivity contribution in [1.82, 2.24) is 14.7 Å². The van der Waals surface area contributed by atoms with Crippen molar-refractivity contribution in [3.8, 4) is 0 Å². The first-order valence-corrected chi connectivity index (χ1v) is 11.2. The van der Waals surface area contributed by atoms with Crippen LogP contribution >= 0.6 is 0 Å². The lowest BCUT2D eigenvalue weighted by Gasteiger charge is -2.18. The molecule has 3 aromatic rings. The molecule has 1 amide bonds. The molecule has 4 N–H and O–H groups in total. The highest BCUT2D eigenvalue weighted by Crippen LogP contribution is 2.28. The van der Waals surface area contributed by atoms with Gasteiger partial charge in [-0.05, 0) is 56.3 Å². The molecule has 31 heavy (non-hydrogen) atoms. The van der Waals surface area contributed by atoms with Crippen LogP contribution in [0.2, 0.25) is 0 Å². The number of benzene rings is 2. The van der Waals surface area contributed by atoms with E-state index in [9.17, 15) is 13.2 Å². The number of para-hydroxylation sites is 1. The molecule has 0 atom stereocenters. The summed E-state index contributed by atoms with van der Waals surface area (Å²) in [5.74, 6) is 0.870. The standard InChI is InChI=1S/C21H22N6O3S/c1-13-12-23-21(24-15-8-9-16-14(11-15)7-10-19(28)25-16)27-20(13)26-17-5-3-4-6-18(17)31(29,30)22-2/h3-6,8-9,11-12,22H,7,10H2,1-2H3,(H,25,28)(H2,23,24,26,27). The average molecular weight is 439 g/mol. The fourth-order valence-electron chi connectivity index (χ4n) is 3.26. The van der Waals surface area contributed by atoms with Crippen LogP contribution in [0.5, 0.6) is 0 Å². The van der Waals surface area contributed by atoms with Gasteiger partial charge in [0.15, 0.2) is 0 Å². The van der Waals surface area contributed by atoms with Crippen LogP contribution in [0.15, 0.2) is 53.6 Å². The third-order valence-corrected chi connectivity index (χ3v) is 6.40. The van der Waals surface area contributed by atoms with Crippen LogP contribution in [0, 0.1) is 6.92 Å². The summed E-state index contributed by atoms with van der Waals surface area (Å²) in [4.78, 5) is 20.5. The molecule has 0 saturated heterocycles. The van der Waals surface area contributed by atoms with E-state index in [0.717, 1.165) is 22.5 Å². The van der Waals surface area contributed by atoms with E-state index in [0.29, 0.717) is 30.3 Å². The van der Waals surface area contributed by atoms with E-state index in [1.54, 1.807) is 24.4 Å². The van der Waals surface area contributed by atoms with Gasteiger partial charge in [0.25, 0.3) is 0 Å². The number of anilines is 5. The lowest BCUT2D eigenvalue weighted by atomic mass is 10.0. The third kappa shape index (κ3) is 4.49. The molecule has 1 aliphatic heterocycles. The molecule has 0 radical (unpaired) electrons. The molecule has 160 valence electrons. The van der Waals surface area contributed by atoms with Gasteiger partial charge in [-0.1, -0.05) is 12.1 Å². The smallest absolute Gasteiger partial charge is 0.242 e. The Kier molecular flexibility index (Phi) is 5.57. The summed E-state index contributed by atoms with van der Waals surface area (Å²) in [5.41, 5.74) is 3.82. The zero-order valence-electron chi connectivity index (χ0n) is 17.1. The van der Waals surface area contributed by atoms with E-state index in [1.807, 2.05) is 25.1 Å². The van der Waals surface area contributed by atoms with Crippen LogP contribution < -0.4 is 20.7 Å². The Bertz CT molecular complexity index is 1260. The fraction of sp³-hybridized carbons (Fsp3) is 0.190. The molecule has 10 heteroatoms. The number of amides is 1. The maximum Gasteiger partial charge on any atom is 0.242 e. The van der Waals surface area contributed by atoms with Gasteiger partial charge in [0, 0.05) is 29.6 Å². The van der Waals surface area contributed by atoms with Crippen LogP contribution in [0.4, 0.5) is 28.8 Å². The monoisotopic (exact) mass is 438 g/mol. The van der Waals surface area contributed by atoms with Crippen molar-refractivity contribution in [2.45, 2.75) is 24.7 Å². The van der Waals surface area contributed by atoms with E-state index < -0.39 is 10.0 Å². The highest BCUT2D eigenvalue weighted by molar-refractivity contribution is 7.89. The number of aromatic nitrogens is 2. The zero-order chi connectivity index (χ0) is 22.0. The molecule has 2 heterocycles. The Morgan fingerprint density at radius 3 is 2.68 bits per heavy atom. The number of nitrogens with one attached hydrogen (secondary N) is 4. The third-order valence-electron chi connectivity index (χ3n) is 4.93. The number of aryl methyl sites for hydroxylation is 2. The predicted octanol–water partition coefficient (Wildman–Crippen LogP) is 3.07. The van der Waals surface area contributed by atoms with Gasteiger partial charge in [-0.25, -0.2) is 18.1 Å². The Hall–Kier alpha value is -3.50. The van der Waals surface area contributed by atoms with Crippen molar-refractivity contribution in [3.63, 3.8) is 0 Å². The van der Waals surface area contributed by atoms with Crippen LogP contribution in [0.1, 0.15) is 17.5 Å². The molecule has 0 saturated carbocycles. The minimum absolute atomic E-state index is 0.0198. The van der Waals surface area contributed by atoms with Crippen molar-refractivity contribution in [1.29, 1.82) is 0 Å². The molecule has 0 unspecified atom stereocenters. The van der Waals surface area contributed by atoms with Crippen molar-refractivity contribution >= 4 is 44.8 Å². The molecular weight excluding hydrogens is 416 g/mol. The summed E-state index contributed by atoms with van der Waals surface area (Å²) in [6.07, 6.45) is 2.79. The van der Waals surface area contributed by atoms with Gasteiger partial charge in [0.2, 0.25) is 21.9 Å². The zero-order valence-corrected chi connectivity index (χ0v) is 17.9. The Morgan fingerprint density at radius 1 is 1.06 bits per heavy atom. The van der Waals surface area contributed by atoms with E-state index in [-0.39, 0.29) is 10.8 Å². The maximum absolute atomic E-state index is 12.3. The fourth-order valence-corrected chi connectivity index (χ4v) is 4.15. The van der Waals surface area contributed by atoms with Gasteiger partial charge < -0.3 is 16.0 Å². The quantitative estimate of drug-likeness (QED) is 0.466. The summed E-state index contributed by atoms with van der Waals surface area (Å²) in [6.45, 7) is 1.84. The Labute approximate surface area is 180 Å². The molecule has 0 spiro atoms. The van der Waals surface area contributed by atoms with Crippen molar-refractivity contribution in [2.75, 3.05) is 23.0 Å². The molecule has 1 aromatic heterocycles. The highest BCUT2D eigenvalue weighted by Gasteiger charge is 2.18. The second kappa shape index (κ2) is 8.32. The summed E-state index contributed by atoms with van der Waals surface area (Å²) >= 11 is 0. The lowest BCUT2D eigenvalue weighted by Crippen LogP contribution is -2.20. The van der Waals surface area contributed by atoms with Gasteiger partial charge >= 0.3 is 0 Å². The number of hydrogen-bond acceptors (Lipinski definition) is 7. The maximum atomic E-state index is 12.3. The van der Waals surface area contributed by atoms with E-state index in [1.165, 1.54) is 13.1 Å². The molecule has 2 aromatic carbocycles. The van der Waals surface area contributed by atoms with Gasteiger partial charge in [-0.3, -0.25) is 4.79 Å². The van der Waals surface area contributed by atoms with E-state index in [2.05, 4.69) is 30.6 Å². The number of carbonyl (C=O) groups excluding carboxylic acids is 1. The van der Waals surface area contributed by atoms with Gasteiger partial charge in [0.1, 0.15) is 10.7 Å². The molecule has 0 fully saturated rings. The van der Waals surface area contributed by atoms with E-state index >= 15 is 0 Å². The first-order valence-electron chi connectivity index (χ1n) is 9.69. The topological polar surface area (TPSA) is 125 Å². The molecule has 4 rings (SSSR count). The minimum Gasteiger partial charge on any atom is -0.339 e. The number of nitrogens with zero attached hydrogens (tertiary/aromatic N) is 2. The average Bonchev–Trinajstić information content (AvgIpc) is 2.76. The summed E-state index contributed by atoms with van der Waals surface area (Å²) in [7, 11) is -2.27. The first-order chi connectivity index (χ1) is 14.9. The molecule has 0 aliphatic carbocycles. The molecule has 1 aliphatic rings. The number of carbonyl (C=O) groups is 1. The summed E-state index contributed by atoms with van der Waals surface area (Å²) in [6, 6.07) is 12.3. The number of rotatable bonds is 6. The molecule has 0 bridgehead atoms. The Morgan fingerprint density at radius 2 is 1.87 bits per heavy atom. The second-order valence-electron chi connectivity index (χ2n) is 7.10. The van der Waals surface area contributed by atoms with Crippen molar-refractivity contribution in [3.05, 3.63) is 59.8 Å². The highest BCUT2D eigenvalue weighted by atomic mass is 32.2. The van der Waals surface area contributed by atoms with Gasteiger partial charge in [-0.2, -0.15) is 4.98 Å². The Balaban J connectivity index is 1.60. The van der Waals surface area contributed by atoms with Crippen LogP contribution in [0.25, 0.3) is 0 Å². The van der Waals surface area contributed by atoms with Crippen molar-refractivity contribution in [2.24, 2.45) is 0 Å². The van der Waals surface area contributed by atoms with Crippen LogP contribution in [-0.4, -0.2) is 31.3 Å². The lowest BCUT2D eigenvalue weighted by molar-refractivity contribution is -0.116. The summed E-state index contributed by atoms with van der Waals surface area (Å²) < 4.78 is 27.0. The van der Waals surface area contributed by atoms with Crippen LogP contribution in [-0.2, 0) is 21.2 Å².